The molecule has 3 aromatic rings. The Kier molecular flexibility index (Phi) is 13.6. The second kappa shape index (κ2) is 16.7. The molecule has 0 fully saturated rings. The molecule has 12 nitrogen and oxygen atoms in total. The summed E-state index contributed by atoms with van der Waals surface area (Å²) < 4.78 is 10.5. The minimum atomic E-state index is -1.06. The molecule has 2 unspecified atom stereocenters. The molecule has 0 saturated heterocycles. The number of para-hydroxylation sites is 2. The Hall–Kier alpha value is -4.94. The fourth-order valence-corrected chi connectivity index (χ4v) is 2.50. The van der Waals surface area contributed by atoms with Crippen molar-refractivity contribution in [2.24, 2.45) is 11.7 Å². The fraction of sp³-hybridized carbons (Fsp3) is 0.154. The van der Waals surface area contributed by atoms with Crippen molar-refractivity contribution in [2.75, 3.05) is 0 Å². The second-order valence-corrected chi connectivity index (χ2v) is 7.35. The Balaban J connectivity index is 0.000000285. The number of aromatic carboxylic acids is 2. The van der Waals surface area contributed by atoms with E-state index in [2.05, 4.69) is 0 Å². The van der Waals surface area contributed by atoms with Crippen molar-refractivity contribution in [1.82, 2.24) is 10.9 Å². The molecule has 0 spiro atoms. The number of ether oxygens (including phenoxy) is 2. The van der Waals surface area contributed by atoms with E-state index in [1.165, 1.54) is 24.3 Å². The third-order valence-corrected chi connectivity index (χ3v) is 4.51. The molecule has 2 atom stereocenters. The van der Waals surface area contributed by atoms with Crippen LogP contribution in [0, 0.1) is 0 Å². The van der Waals surface area contributed by atoms with Crippen LogP contribution in [0.4, 0.5) is 0 Å². The first-order valence-electron chi connectivity index (χ1n) is 11.1. The van der Waals surface area contributed by atoms with Crippen molar-refractivity contribution in [3.05, 3.63) is 96.1 Å². The first-order valence-corrected chi connectivity index (χ1v) is 11.1. The minimum absolute atomic E-state index is 0.0833. The maximum atomic E-state index is 11.0. The number of carbonyl (C=O) groups excluding carboxylic acids is 2. The number of nitrogens with two attached hydrogens (primary N) is 2. The van der Waals surface area contributed by atoms with Gasteiger partial charge in [0.2, 0.25) is 0 Å². The topological polar surface area (TPSA) is 203 Å². The van der Waals surface area contributed by atoms with Crippen molar-refractivity contribution in [1.29, 1.82) is 0 Å². The number of amides is 2. The summed E-state index contributed by atoms with van der Waals surface area (Å²) >= 11 is 0. The summed E-state index contributed by atoms with van der Waals surface area (Å²) in [6, 6.07) is 23.2. The van der Waals surface area contributed by atoms with E-state index in [-0.39, 0.29) is 22.9 Å². The fourth-order valence-electron chi connectivity index (χ4n) is 2.50. The highest BCUT2D eigenvalue weighted by Gasteiger charge is 2.13. The van der Waals surface area contributed by atoms with Crippen LogP contribution in [0.15, 0.2) is 84.9 Å². The maximum absolute atomic E-state index is 11.0. The van der Waals surface area contributed by atoms with E-state index < -0.39 is 24.1 Å². The summed E-state index contributed by atoms with van der Waals surface area (Å²) in [6.07, 6.45) is -1.15. The van der Waals surface area contributed by atoms with Gasteiger partial charge < -0.3 is 19.7 Å². The molecule has 3 aromatic carbocycles. The Bertz CT molecular complexity index is 1070. The number of carboxylic acids is 2. The predicted octanol–water partition coefficient (Wildman–Crippen LogP) is 1.97. The number of hydrazine groups is 2. The van der Waals surface area contributed by atoms with Gasteiger partial charge in [0.1, 0.15) is 11.5 Å². The summed E-state index contributed by atoms with van der Waals surface area (Å²) in [6.45, 7) is 3.27. The molecule has 0 aliphatic rings. The van der Waals surface area contributed by atoms with Crippen LogP contribution in [0.2, 0.25) is 0 Å². The highest BCUT2D eigenvalue weighted by atomic mass is 16.5. The third kappa shape index (κ3) is 11.7. The average molecular weight is 527 g/mol. The highest BCUT2D eigenvalue weighted by Crippen LogP contribution is 2.11. The normalized spacial score (nSPS) is 11.1. The van der Waals surface area contributed by atoms with Gasteiger partial charge in [-0.3, -0.25) is 20.4 Å². The molecule has 0 bridgehead atoms. The van der Waals surface area contributed by atoms with Crippen molar-refractivity contribution in [3.63, 3.8) is 0 Å². The van der Waals surface area contributed by atoms with Crippen molar-refractivity contribution in [2.45, 2.75) is 26.1 Å². The summed E-state index contributed by atoms with van der Waals surface area (Å²) in [5.74, 6) is 8.38. The molecule has 0 radical (unpaired) electrons. The van der Waals surface area contributed by atoms with E-state index in [9.17, 15) is 19.2 Å². The van der Waals surface area contributed by atoms with Crippen LogP contribution in [0.25, 0.3) is 0 Å². The molecule has 2 amide bonds. The summed E-state index contributed by atoms with van der Waals surface area (Å²) in [7, 11) is 0. The maximum Gasteiger partial charge on any atom is 0.335 e. The van der Waals surface area contributed by atoms with Crippen LogP contribution in [0.5, 0.6) is 11.5 Å². The Morgan fingerprint density at radius 2 is 0.895 bits per heavy atom. The molecule has 0 aliphatic carbocycles. The van der Waals surface area contributed by atoms with Crippen molar-refractivity contribution >= 4 is 23.8 Å². The van der Waals surface area contributed by atoms with E-state index >= 15 is 0 Å². The number of rotatable bonds is 8. The lowest BCUT2D eigenvalue weighted by Crippen LogP contribution is -2.40. The first kappa shape index (κ1) is 31.1. The van der Waals surface area contributed by atoms with E-state index in [4.69, 9.17) is 31.4 Å². The van der Waals surface area contributed by atoms with Crippen LogP contribution in [-0.4, -0.2) is 46.2 Å². The van der Waals surface area contributed by atoms with Crippen LogP contribution >= 0.6 is 0 Å². The Morgan fingerprint density at radius 3 is 1.13 bits per heavy atom. The van der Waals surface area contributed by atoms with Crippen molar-refractivity contribution in [3.8, 4) is 11.5 Å². The summed E-state index contributed by atoms with van der Waals surface area (Å²) in [4.78, 5) is 42.6. The number of nitrogens with one attached hydrogen (secondary N) is 2. The number of hydrogen-bond acceptors (Lipinski definition) is 8. The van der Waals surface area contributed by atoms with Gasteiger partial charge in [0, 0.05) is 0 Å². The standard InChI is InChI=1S/2C9H12N2O2.C8H6O4/c2*1-7(9(12)11-10)13-8-5-3-2-4-6-8;9-7(10)5-1-2-6(4-3-5)8(11)12/h2*2-7H,10H2,1H3,(H,11,12);1-4H,(H,9,10)(H,11,12). The van der Waals surface area contributed by atoms with Gasteiger partial charge in [-0.05, 0) is 62.4 Å². The van der Waals surface area contributed by atoms with E-state index in [0.717, 1.165) is 0 Å². The summed E-state index contributed by atoms with van der Waals surface area (Å²) in [5.41, 5.74) is 4.21. The number of hydrogen-bond donors (Lipinski definition) is 6. The SMILES string of the molecule is CC(Oc1ccccc1)C(=O)NN.CC(Oc1ccccc1)C(=O)NN.O=C(O)c1ccc(C(=O)O)cc1. The largest absolute Gasteiger partial charge is 0.481 e. The zero-order valence-electron chi connectivity index (χ0n) is 20.7. The van der Waals surface area contributed by atoms with Gasteiger partial charge in [-0.1, -0.05) is 36.4 Å². The zero-order chi connectivity index (χ0) is 28.5. The molecule has 8 N–H and O–H groups in total. The van der Waals surface area contributed by atoms with Gasteiger partial charge in [0.15, 0.2) is 12.2 Å². The molecular formula is C26H30N4O8. The van der Waals surface area contributed by atoms with E-state index in [1.54, 1.807) is 38.1 Å². The van der Waals surface area contributed by atoms with Gasteiger partial charge in [-0.15, -0.1) is 0 Å². The third-order valence-electron chi connectivity index (χ3n) is 4.51. The quantitative estimate of drug-likeness (QED) is 0.143. The second-order valence-electron chi connectivity index (χ2n) is 7.35. The number of benzene rings is 3. The molecule has 0 heterocycles. The van der Waals surface area contributed by atoms with Crippen LogP contribution in [-0.2, 0) is 9.59 Å². The van der Waals surface area contributed by atoms with Gasteiger partial charge in [-0.25, -0.2) is 21.3 Å². The van der Waals surface area contributed by atoms with Gasteiger partial charge in [0.25, 0.3) is 11.8 Å². The lowest BCUT2D eigenvalue weighted by Gasteiger charge is -2.12. The first-order chi connectivity index (χ1) is 18.1. The lowest BCUT2D eigenvalue weighted by molar-refractivity contribution is -0.128. The van der Waals surface area contributed by atoms with Crippen LogP contribution in [0.1, 0.15) is 34.6 Å². The van der Waals surface area contributed by atoms with E-state index in [1.807, 2.05) is 47.2 Å². The zero-order valence-corrected chi connectivity index (χ0v) is 20.7. The van der Waals surface area contributed by atoms with Gasteiger partial charge >= 0.3 is 11.9 Å². The van der Waals surface area contributed by atoms with Crippen LogP contribution in [0.3, 0.4) is 0 Å². The highest BCUT2D eigenvalue weighted by molar-refractivity contribution is 5.91. The van der Waals surface area contributed by atoms with Crippen LogP contribution < -0.4 is 32.0 Å². The van der Waals surface area contributed by atoms with Gasteiger partial charge in [-0.2, -0.15) is 0 Å². The molecule has 38 heavy (non-hydrogen) atoms. The Morgan fingerprint density at radius 1 is 0.605 bits per heavy atom. The number of carbonyl (C=O) groups is 4. The van der Waals surface area contributed by atoms with Crippen molar-refractivity contribution < 1.29 is 38.9 Å². The molecule has 0 aliphatic heterocycles. The molecule has 3 rings (SSSR count). The lowest BCUT2D eigenvalue weighted by atomic mass is 10.1. The monoisotopic (exact) mass is 526 g/mol. The van der Waals surface area contributed by atoms with E-state index in [0.29, 0.717) is 11.5 Å². The molecule has 202 valence electrons. The predicted molar refractivity (Wildman–Crippen MR) is 138 cm³/mol. The Labute approximate surface area is 219 Å². The minimum Gasteiger partial charge on any atom is -0.481 e. The summed E-state index contributed by atoms with van der Waals surface area (Å²) in [5, 5.41) is 16.9. The number of carboxylic acid groups (broad SMARTS) is 2. The molecule has 12 heteroatoms. The molecule has 0 aromatic heterocycles. The molecular weight excluding hydrogens is 496 g/mol. The van der Waals surface area contributed by atoms with Gasteiger partial charge in [0.05, 0.1) is 11.1 Å². The molecule has 0 saturated carbocycles. The smallest absolute Gasteiger partial charge is 0.335 e. The average Bonchev–Trinajstić information content (AvgIpc) is 2.93.